The molecule has 0 saturated heterocycles. The molecule has 132 valence electrons. The van der Waals surface area contributed by atoms with Gasteiger partial charge in [0, 0.05) is 24.0 Å². The number of halogens is 5. The number of thiol groups is 1. The summed E-state index contributed by atoms with van der Waals surface area (Å²) in [6.45, 7) is 0. The fraction of sp³-hybridized carbons (Fsp3) is 0.500. The molecule has 1 saturated carbocycles. The molecular formula is C14H11F5O4S. The van der Waals surface area contributed by atoms with Crippen molar-refractivity contribution in [3.63, 3.8) is 0 Å². The van der Waals surface area contributed by atoms with Crippen molar-refractivity contribution in [1.29, 1.82) is 0 Å². The minimum atomic E-state index is -4.35. The summed E-state index contributed by atoms with van der Waals surface area (Å²) in [6, 6.07) is 2.09. The van der Waals surface area contributed by atoms with Crippen LogP contribution in [0, 0.1) is 0 Å². The summed E-state index contributed by atoms with van der Waals surface area (Å²) in [5, 5.41) is 0. The summed E-state index contributed by atoms with van der Waals surface area (Å²) in [6.07, 6.45) is -5.28. The van der Waals surface area contributed by atoms with E-state index in [1.807, 2.05) is 0 Å². The second-order valence-corrected chi connectivity index (χ2v) is 6.80. The summed E-state index contributed by atoms with van der Waals surface area (Å²) in [7, 11) is -3.04. The van der Waals surface area contributed by atoms with E-state index >= 15 is 0 Å². The minimum absolute atomic E-state index is 0.266. The highest BCUT2D eigenvalue weighted by molar-refractivity contribution is 7.71. The van der Waals surface area contributed by atoms with Gasteiger partial charge in [0.2, 0.25) is 12.0 Å². The normalized spacial score (nSPS) is 24.8. The van der Waals surface area contributed by atoms with Crippen LogP contribution in [0.1, 0.15) is 40.5 Å². The van der Waals surface area contributed by atoms with Crippen LogP contribution in [0.5, 0.6) is 5.75 Å². The lowest BCUT2D eigenvalue weighted by Crippen LogP contribution is -2.43. The molecule has 10 heteroatoms. The van der Waals surface area contributed by atoms with Crippen LogP contribution in [-0.2, 0) is 16.5 Å². The summed E-state index contributed by atoms with van der Waals surface area (Å²) in [5.41, 5.74) is -1.78. The van der Waals surface area contributed by atoms with Crippen molar-refractivity contribution in [1.82, 2.24) is 0 Å². The van der Waals surface area contributed by atoms with E-state index in [1.165, 1.54) is 0 Å². The maximum absolute atomic E-state index is 14.1. The van der Waals surface area contributed by atoms with Gasteiger partial charge in [0.15, 0.2) is 0 Å². The van der Waals surface area contributed by atoms with E-state index < -0.39 is 76.1 Å². The van der Waals surface area contributed by atoms with Gasteiger partial charge in [-0.3, -0.25) is 4.79 Å². The Kier molecular flexibility index (Phi) is 3.85. The van der Waals surface area contributed by atoms with Crippen molar-refractivity contribution in [3.05, 3.63) is 28.8 Å². The zero-order chi connectivity index (χ0) is 17.9. The number of ketones is 1. The van der Waals surface area contributed by atoms with Gasteiger partial charge in [-0.25, -0.2) is 21.6 Å². The summed E-state index contributed by atoms with van der Waals surface area (Å²) < 4.78 is 94.0. The first kappa shape index (κ1) is 17.1. The first-order valence-electron chi connectivity index (χ1n) is 6.91. The molecule has 0 bridgehead atoms. The van der Waals surface area contributed by atoms with Gasteiger partial charge in [0.25, 0.3) is 5.92 Å². The first-order chi connectivity index (χ1) is 11.0. The Hall–Kier alpha value is -1.71. The molecule has 0 aliphatic heterocycles. The number of hydrogen-bond acceptors (Lipinski definition) is 4. The van der Waals surface area contributed by atoms with Crippen molar-refractivity contribution in [2.45, 2.75) is 42.7 Å². The Morgan fingerprint density at radius 2 is 1.79 bits per heavy atom. The third-order valence-corrected chi connectivity index (χ3v) is 4.64. The Morgan fingerprint density at radius 1 is 1.17 bits per heavy atom. The Balaban J connectivity index is 2.03. The van der Waals surface area contributed by atoms with Crippen LogP contribution in [0.25, 0.3) is 0 Å². The van der Waals surface area contributed by atoms with Gasteiger partial charge in [0.1, 0.15) is 22.6 Å². The van der Waals surface area contributed by atoms with E-state index in [1.54, 1.807) is 0 Å². The van der Waals surface area contributed by atoms with Crippen LogP contribution in [0.15, 0.2) is 12.1 Å². The molecule has 1 fully saturated rings. The second-order valence-electron chi connectivity index (χ2n) is 5.82. The van der Waals surface area contributed by atoms with Gasteiger partial charge in [-0.15, -0.1) is 0 Å². The number of benzene rings is 1. The fourth-order valence-electron chi connectivity index (χ4n) is 2.87. The molecule has 0 amide bonds. The number of fused-ring (bicyclic) bond motifs is 1. The number of alkyl halides is 5. The number of carbonyl (C=O) groups is 1. The smallest absolute Gasteiger partial charge is 0.344 e. The molecule has 1 aromatic rings. The third kappa shape index (κ3) is 2.66. The number of rotatable bonds is 4. The van der Waals surface area contributed by atoms with Gasteiger partial charge < -0.3 is 4.74 Å². The Bertz CT molecular complexity index is 774. The van der Waals surface area contributed by atoms with Crippen LogP contribution in [0.3, 0.4) is 0 Å². The summed E-state index contributed by atoms with van der Waals surface area (Å²) in [4.78, 5) is 11.8. The number of hydrogen-bond donors (Lipinski definition) is 1. The standard InChI is InChI=1S/C14H11F5O4S/c15-11-10-8(23-7-3-13(16,17)4-7)2-1-6(5-24(21)22)9(10)12(20)14(11,18)19/h1-2,7,11,24H,3-5H2/t11-/m1/s1. The van der Waals surface area contributed by atoms with Crippen molar-refractivity contribution in [3.8, 4) is 5.75 Å². The van der Waals surface area contributed by atoms with E-state index in [2.05, 4.69) is 0 Å². The van der Waals surface area contributed by atoms with Gasteiger partial charge in [-0.2, -0.15) is 8.78 Å². The maximum atomic E-state index is 14.1. The largest absolute Gasteiger partial charge is 0.490 e. The van der Waals surface area contributed by atoms with Crippen molar-refractivity contribution in [2.24, 2.45) is 0 Å². The third-order valence-electron chi connectivity index (χ3n) is 4.04. The van der Waals surface area contributed by atoms with E-state index in [0.717, 1.165) is 12.1 Å². The zero-order valence-electron chi connectivity index (χ0n) is 11.9. The fourth-order valence-corrected chi connectivity index (χ4v) is 3.41. The Labute approximate surface area is 134 Å². The highest BCUT2D eigenvalue weighted by Crippen LogP contribution is 2.51. The van der Waals surface area contributed by atoms with Crippen LogP contribution in [0.4, 0.5) is 22.0 Å². The highest BCUT2D eigenvalue weighted by atomic mass is 32.2. The molecular weight excluding hydrogens is 359 g/mol. The molecule has 2 aliphatic carbocycles. The van der Waals surface area contributed by atoms with Crippen LogP contribution >= 0.6 is 0 Å². The first-order valence-corrected chi connectivity index (χ1v) is 8.28. The molecule has 0 aromatic heterocycles. The molecule has 1 aromatic carbocycles. The van der Waals surface area contributed by atoms with Crippen molar-refractivity contribution in [2.75, 3.05) is 0 Å². The molecule has 0 N–H and O–H groups in total. The molecule has 0 radical (unpaired) electrons. The van der Waals surface area contributed by atoms with E-state index in [-0.39, 0.29) is 5.56 Å². The summed E-state index contributed by atoms with van der Waals surface area (Å²) >= 11 is 0. The molecule has 4 nitrogen and oxygen atoms in total. The van der Waals surface area contributed by atoms with Crippen molar-refractivity contribution < 1.29 is 39.9 Å². The lowest BCUT2D eigenvalue weighted by atomic mass is 9.90. The minimum Gasteiger partial charge on any atom is -0.490 e. The molecule has 0 heterocycles. The predicted octanol–water partition coefficient (Wildman–Crippen LogP) is 2.82. The second kappa shape index (κ2) is 5.40. The lowest BCUT2D eigenvalue weighted by molar-refractivity contribution is -0.135. The van der Waals surface area contributed by atoms with Crippen LogP contribution < -0.4 is 4.74 Å². The predicted molar refractivity (Wildman–Crippen MR) is 72.2 cm³/mol. The maximum Gasteiger partial charge on any atom is 0.344 e. The van der Waals surface area contributed by atoms with Gasteiger partial charge >= 0.3 is 5.92 Å². The molecule has 3 rings (SSSR count). The quantitative estimate of drug-likeness (QED) is 0.654. The van der Waals surface area contributed by atoms with E-state index in [9.17, 15) is 35.2 Å². The molecule has 0 unspecified atom stereocenters. The number of carbonyl (C=O) groups excluding carboxylic acids is 1. The highest BCUT2D eigenvalue weighted by Gasteiger charge is 2.59. The van der Waals surface area contributed by atoms with E-state index in [4.69, 9.17) is 4.74 Å². The molecule has 0 spiro atoms. The molecule has 24 heavy (non-hydrogen) atoms. The lowest BCUT2D eigenvalue weighted by Gasteiger charge is -2.35. The van der Waals surface area contributed by atoms with Crippen LogP contribution in [-0.4, -0.2) is 32.2 Å². The topological polar surface area (TPSA) is 60.4 Å². The summed E-state index contributed by atoms with van der Waals surface area (Å²) in [5.74, 6) is -10.3. The zero-order valence-corrected chi connectivity index (χ0v) is 12.8. The Morgan fingerprint density at radius 3 is 2.33 bits per heavy atom. The monoisotopic (exact) mass is 370 g/mol. The van der Waals surface area contributed by atoms with Gasteiger partial charge in [-0.1, -0.05) is 6.07 Å². The molecule has 1 atom stereocenters. The van der Waals surface area contributed by atoms with Crippen LogP contribution in [0.2, 0.25) is 0 Å². The average molecular weight is 370 g/mol. The molecule has 2 aliphatic rings. The van der Waals surface area contributed by atoms with E-state index in [0.29, 0.717) is 0 Å². The SMILES string of the molecule is O=C1c2c(C[SH](=O)=O)ccc(OC3CC(F)(F)C3)c2[C@@H](F)C1(F)F. The average Bonchev–Trinajstić information content (AvgIpc) is 2.61. The van der Waals surface area contributed by atoms with Gasteiger partial charge in [-0.05, 0) is 11.6 Å². The van der Waals surface area contributed by atoms with Crippen molar-refractivity contribution >= 4 is 16.5 Å². The van der Waals surface area contributed by atoms with Gasteiger partial charge in [0.05, 0.1) is 5.75 Å². The number of ether oxygens (including phenoxy) is 1. The number of Topliss-reactive ketones (excluding diaryl/α,β-unsaturated/α-hetero) is 1.